The molecule has 0 saturated heterocycles. The average Bonchev–Trinajstić information content (AvgIpc) is 3.21. The van der Waals surface area contributed by atoms with Gasteiger partial charge >= 0.3 is 5.97 Å². The van der Waals surface area contributed by atoms with Crippen LogP contribution in [0.4, 0.5) is 0 Å². The van der Waals surface area contributed by atoms with Crippen molar-refractivity contribution in [2.45, 2.75) is 23.9 Å². The highest BCUT2D eigenvalue weighted by Crippen LogP contribution is 2.30. The summed E-state index contributed by atoms with van der Waals surface area (Å²) in [6, 6.07) is 13.6. The third kappa shape index (κ3) is 4.13. The van der Waals surface area contributed by atoms with Gasteiger partial charge in [0.05, 0.1) is 13.7 Å². The maximum absolute atomic E-state index is 11.7. The lowest BCUT2D eigenvalue weighted by molar-refractivity contribution is -0.139. The Kier molecular flexibility index (Phi) is 5.60. The van der Waals surface area contributed by atoms with Crippen molar-refractivity contribution >= 4 is 33.7 Å². The van der Waals surface area contributed by atoms with Crippen LogP contribution in [-0.4, -0.2) is 33.1 Å². The van der Waals surface area contributed by atoms with Gasteiger partial charge in [0.15, 0.2) is 15.6 Å². The van der Waals surface area contributed by atoms with Crippen LogP contribution in [0.25, 0.3) is 11.6 Å². The van der Waals surface area contributed by atoms with Crippen LogP contribution in [0.3, 0.4) is 0 Å². The number of thioether (sulfide) groups is 1. The fourth-order valence-corrected chi connectivity index (χ4v) is 3.45. The van der Waals surface area contributed by atoms with Crippen LogP contribution in [-0.2, 0) is 16.1 Å². The molecule has 0 N–H and O–H groups in total. The van der Waals surface area contributed by atoms with E-state index in [1.807, 2.05) is 41.0 Å². The number of benzene rings is 1. The first-order chi connectivity index (χ1) is 12.1. The number of ether oxygens (including phenoxy) is 1. The average molecular weight is 422 g/mol. The number of hydrogen-bond donors (Lipinski definition) is 0. The van der Waals surface area contributed by atoms with Crippen molar-refractivity contribution in [3.05, 3.63) is 52.7 Å². The molecule has 0 spiro atoms. The maximum Gasteiger partial charge on any atom is 0.318 e. The van der Waals surface area contributed by atoms with Gasteiger partial charge in [-0.25, -0.2) is 0 Å². The number of halogens is 1. The highest BCUT2D eigenvalue weighted by atomic mass is 79.9. The highest BCUT2D eigenvalue weighted by molar-refractivity contribution is 9.10. The largest absolute Gasteiger partial charge is 0.468 e. The molecule has 0 aliphatic heterocycles. The standard InChI is InChI=1S/C17H16BrN3O3S/c1-11(16(22)23-2)25-17-20-19-15(13-8-9-14(18)24-13)21(17)10-12-6-4-3-5-7-12/h3-9,11H,10H2,1-2H3/t11-/m0/s1. The minimum absolute atomic E-state index is 0.304. The van der Waals surface area contributed by atoms with Crippen LogP contribution < -0.4 is 0 Å². The second-order valence-electron chi connectivity index (χ2n) is 5.26. The quantitative estimate of drug-likeness (QED) is 0.442. The molecular weight excluding hydrogens is 406 g/mol. The van der Waals surface area contributed by atoms with Gasteiger partial charge in [0, 0.05) is 0 Å². The van der Waals surface area contributed by atoms with Crippen LogP contribution in [0, 0.1) is 0 Å². The molecule has 8 heteroatoms. The molecule has 0 amide bonds. The molecule has 0 saturated carbocycles. The van der Waals surface area contributed by atoms with Gasteiger partial charge < -0.3 is 9.15 Å². The lowest BCUT2D eigenvalue weighted by Gasteiger charge is -2.11. The number of furan rings is 1. The lowest BCUT2D eigenvalue weighted by Crippen LogP contribution is -2.16. The number of aromatic nitrogens is 3. The van der Waals surface area contributed by atoms with Crippen LogP contribution in [0.15, 0.2) is 56.7 Å². The number of carbonyl (C=O) groups is 1. The molecule has 130 valence electrons. The van der Waals surface area contributed by atoms with Crippen molar-refractivity contribution in [2.24, 2.45) is 0 Å². The Labute approximate surface area is 157 Å². The van der Waals surface area contributed by atoms with E-state index in [1.165, 1.54) is 18.9 Å². The molecular formula is C17H16BrN3O3S. The summed E-state index contributed by atoms with van der Waals surface area (Å²) >= 11 is 4.61. The Bertz CT molecular complexity index is 863. The Morgan fingerprint density at radius 1 is 1.28 bits per heavy atom. The Hall–Kier alpha value is -2.06. The number of rotatable bonds is 6. The van der Waals surface area contributed by atoms with E-state index in [0.29, 0.717) is 28.0 Å². The summed E-state index contributed by atoms with van der Waals surface area (Å²) in [4.78, 5) is 11.7. The monoisotopic (exact) mass is 421 g/mol. The molecule has 1 atom stereocenters. The number of esters is 1. The van der Waals surface area contributed by atoms with E-state index in [4.69, 9.17) is 9.15 Å². The zero-order valence-electron chi connectivity index (χ0n) is 13.7. The molecule has 0 bridgehead atoms. The van der Waals surface area contributed by atoms with Crippen molar-refractivity contribution in [3.63, 3.8) is 0 Å². The molecule has 2 heterocycles. The van der Waals surface area contributed by atoms with Crippen molar-refractivity contribution in [1.82, 2.24) is 14.8 Å². The number of methoxy groups -OCH3 is 1. The second kappa shape index (κ2) is 7.88. The zero-order chi connectivity index (χ0) is 17.8. The summed E-state index contributed by atoms with van der Waals surface area (Å²) in [6.07, 6.45) is 0. The van der Waals surface area contributed by atoms with E-state index in [2.05, 4.69) is 26.1 Å². The minimum Gasteiger partial charge on any atom is -0.468 e. The first-order valence-electron chi connectivity index (χ1n) is 7.56. The van der Waals surface area contributed by atoms with Crippen molar-refractivity contribution in [2.75, 3.05) is 7.11 Å². The first kappa shape index (κ1) is 17.8. The molecule has 0 aliphatic carbocycles. The van der Waals surface area contributed by atoms with Crippen LogP contribution in [0.5, 0.6) is 0 Å². The fraction of sp³-hybridized carbons (Fsp3) is 0.235. The van der Waals surface area contributed by atoms with Gasteiger partial charge in [-0.2, -0.15) is 0 Å². The maximum atomic E-state index is 11.7. The van der Waals surface area contributed by atoms with E-state index in [1.54, 1.807) is 13.0 Å². The van der Waals surface area contributed by atoms with Crippen molar-refractivity contribution < 1.29 is 13.9 Å². The molecule has 2 aromatic heterocycles. The van der Waals surface area contributed by atoms with Gasteiger partial charge in [0.25, 0.3) is 0 Å². The fourth-order valence-electron chi connectivity index (χ4n) is 2.27. The van der Waals surface area contributed by atoms with Gasteiger partial charge in [0.2, 0.25) is 5.82 Å². The summed E-state index contributed by atoms with van der Waals surface area (Å²) in [5.41, 5.74) is 1.10. The molecule has 0 aliphatic rings. The van der Waals surface area contributed by atoms with E-state index in [-0.39, 0.29) is 11.2 Å². The highest BCUT2D eigenvalue weighted by Gasteiger charge is 2.22. The van der Waals surface area contributed by atoms with Gasteiger partial charge in [-0.3, -0.25) is 9.36 Å². The molecule has 0 unspecified atom stereocenters. The zero-order valence-corrected chi connectivity index (χ0v) is 16.1. The number of hydrogen-bond acceptors (Lipinski definition) is 6. The topological polar surface area (TPSA) is 70.2 Å². The normalized spacial score (nSPS) is 12.1. The van der Waals surface area contributed by atoms with E-state index >= 15 is 0 Å². The van der Waals surface area contributed by atoms with Crippen LogP contribution in [0.2, 0.25) is 0 Å². The third-order valence-corrected chi connectivity index (χ3v) is 4.99. The summed E-state index contributed by atoms with van der Waals surface area (Å²) < 4.78 is 13.0. The molecule has 0 radical (unpaired) electrons. The van der Waals surface area contributed by atoms with Crippen LogP contribution >= 0.6 is 27.7 Å². The molecule has 0 fully saturated rings. The SMILES string of the molecule is COC(=O)[C@H](C)Sc1nnc(-c2ccc(Br)o2)n1Cc1ccccc1. The summed E-state index contributed by atoms with van der Waals surface area (Å²) in [7, 11) is 1.37. The summed E-state index contributed by atoms with van der Waals surface area (Å²) in [5.74, 6) is 0.906. The molecule has 25 heavy (non-hydrogen) atoms. The predicted molar refractivity (Wildman–Crippen MR) is 98.3 cm³/mol. The lowest BCUT2D eigenvalue weighted by atomic mass is 10.2. The van der Waals surface area contributed by atoms with Gasteiger partial charge in [-0.1, -0.05) is 42.1 Å². The Balaban J connectivity index is 1.97. The smallest absolute Gasteiger partial charge is 0.318 e. The van der Waals surface area contributed by atoms with Gasteiger partial charge in [-0.15, -0.1) is 10.2 Å². The third-order valence-electron chi connectivity index (χ3n) is 3.51. The van der Waals surface area contributed by atoms with E-state index in [9.17, 15) is 4.79 Å². The number of nitrogens with zero attached hydrogens (tertiary/aromatic N) is 3. The predicted octanol–water partition coefficient (Wildman–Crippen LogP) is 4.00. The molecule has 3 aromatic rings. The van der Waals surface area contributed by atoms with Crippen LogP contribution in [0.1, 0.15) is 12.5 Å². The van der Waals surface area contributed by atoms with E-state index in [0.717, 1.165) is 5.56 Å². The second-order valence-corrected chi connectivity index (χ2v) is 7.35. The Morgan fingerprint density at radius 3 is 2.68 bits per heavy atom. The Morgan fingerprint density at radius 2 is 2.04 bits per heavy atom. The molecule has 1 aromatic carbocycles. The van der Waals surface area contributed by atoms with Gasteiger partial charge in [0.1, 0.15) is 5.25 Å². The van der Waals surface area contributed by atoms with E-state index < -0.39 is 0 Å². The minimum atomic E-state index is -0.389. The van der Waals surface area contributed by atoms with Gasteiger partial charge in [-0.05, 0) is 40.5 Å². The summed E-state index contributed by atoms with van der Waals surface area (Å²) in [6.45, 7) is 2.35. The molecule has 6 nitrogen and oxygen atoms in total. The summed E-state index contributed by atoms with van der Waals surface area (Å²) in [5, 5.41) is 8.75. The van der Waals surface area contributed by atoms with Crippen molar-refractivity contribution in [1.29, 1.82) is 0 Å². The number of carbonyl (C=O) groups excluding carboxylic acids is 1. The molecule has 3 rings (SSSR count). The van der Waals surface area contributed by atoms with Crippen molar-refractivity contribution in [3.8, 4) is 11.6 Å². The first-order valence-corrected chi connectivity index (χ1v) is 9.23.